The topological polar surface area (TPSA) is 55.1 Å². The molecule has 0 heterocycles. The molecular weight excluding hydrogens is 267 g/mol. The molecule has 0 radical (unpaired) electrons. The Balaban J connectivity index is 2.25. The number of nitrogen functional groups attached to an aromatic ring is 1. The first-order chi connectivity index (χ1) is 8.97. The molecule has 2 aromatic rings. The summed E-state index contributed by atoms with van der Waals surface area (Å²) >= 11 is 5.79. The van der Waals surface area contributed by atoms with Gasteiger partial charge in [0, 0.05) is 11.3 Å². The van der Waals surface area contributed by atoms with Crippen molar-refractivity contribution in [3.05, 3.63) is 58.4 Å². The molecule has 0 saturated heterocycles. The van der Waals surface area contributed by atoms with Crippen LogP contribution in [0.4, 0.5) is 15.8 Å². The highest BCUT2D eigenvalue weighted by molar-refractivity contribution is 6.33. The molecule has 0 unspecified atom stereocenters. The van der Waals surface area contributed by atoms with Crippen LogP contribution in [0.3, 0.4) is 0 Å². The Labute approximate surface area is 115 Å². The molecule has 0 saturated carbocycles. The highest BCUT2D eigenvalue weighted by Gasteiger charge is 2.11. The van der Waals surface area contributed by atoms with Crippen LogP contribution in [-0.2, 0) is 0 Å². The van der Waals surface area contributed by atoms with Gasteiger partial charge in [-0.3, -0.25) is 4.79 Å². The molecule has 98 valence electrons. The van der Waals surface area contributed by atoms with Crippen LogP contribution in [0.25, 0.3) is 0 Å². The minimum Gasteiger partial charge on any atom is -0.397 e. The normalized spacial score (nSPS) is 10.3. The van der Waals surface area contributed by atoms with E-state index in [0.717, 1.165) is 0 Å². The molecular formula is C14H12ClFN2O. The highest BCUT2D eigenvalue weighted by atomic mass is 35.5. The molecule has 0 aliphatic carbocycles. The van der Waals surface area contributed by atoms with Crippen molar-refractivity contribution in [1.82, 2.24) is 0 Å². The van der Waals surface area contributed by atoms with Gasteiger partial charge in [-0.15, -0.1) is 0 Å². The van der Waals surface area contributed by atoms with Crippen molar-refractivity contribution < 1.29 is 9.18 Å². The van der Waals surface area contributed by atoms with Crippen molar-refractivity contribution in [2.45, 2.75) is 6.92 Å². The molecule has 2 rings (SSSR count). The van der Waals surface area contributed by atoms with Gasteiger partial charge in [-0.2, -0.15) is 0 Å². The number of aryl methyl sites for hydroxylation is 1. The van der Waals surface area contributed by atoms with E-state index in [1.807, 2.05) is 0 Å². The zero-order chi connectivity index (χ0) is 14.0. The van der Waals surface area contributed by atoms with Gasteiger partial charge >= 0.3 is 0 Å². The maximum atomic E-state index is 13.1. The number of hydrogen-bond acceptors (Lipinski definition) is 2. The Morgan fingerprint density at radius 1 is 1.26 bits per heavy atom. The quantitative estimate of drug-likeness (QED) is 0.824. The maximum absolute atomic E-state index is 13.1. The summed E-state index contributed by atoms with van der Waals surface area (Å²) in [5.74, 6) is -0.843. The average Bonchev–Trinajstić information content (AvgIpc) is 2.36. The third-order valence-electron chi connectivity index (χ3n) is 2.70. The van der Waals surface area contributed by atoms with Crippen molar-refractivity contribution in [3.8, 4) is 0 Å². The summed E-state index contributed by atoms with van der Waals surface area (Å²) in [5.41, 5.74) is 7.51. The molecule has 1 amide bonds. The van der Waals surface area contributed by atoms with Crippen LogP contribution in [0.5, 0.6) is 0 Å². The van der Waals surface area contributed by atoms with E-state index in [-0.39, 0.29) is 5.56 Å². The molecule has 0 aromatic heterocycles. The smallest absolute Gasteiger partial charge is 0.256 e. The van der Waals surface area contributed by atoms with E-state index in [9.17, 15) is 9.18 Å². The van der Waals surface area contributed by atoms with Crippen LogP contribution in [0.1, 0.15) is 15.9 Å². The number of carbonyl (C=O) groups excluding carboxylic acids is 1. The molecule has 0 atom stereocenters. The largest absolute Gasteiger partial charge is 0.397 e. The Bertz CT molecular complexity index is 643. The number of nitrogens with two attached hydrogens (primary N) is 1. The zero-order valence-corrected chi connectivity index (χ0v) is 11.0. The van der Waals surface area contributed by atoms with E-state index in [1.165, 1.54) is 12.1 Å². The predicted octanol–water partition coefficient (Wildman–Crippen LogP) is 3.62. The fourth-order valence-electron chi connectivity index (χ4n) is 1.66. The van der Waals surface area contributed by atoms with Gasteiger partial charge in [0.1, 0.15) is 5.82 Å². The fourth-order valence-corrected chi connectivity index (χ4v) is 1.78. The lowest BCUT2D eigenvalue weighted by Gasteiger charge is -2.09. The third-order valence-corrected chi connectivity index (χ3v) is 3.04. The summed E-state index contributed by atoms with van der Waals surface area (Å²) in [4.78, 5) is 12.0. The van der Waals surface area contributed by atoms with Crippen LogP contribution in [0.15, 0.2) is 36.4 Å². The molecule has 2 aromatic carbocycles. The first kappa shape index (κ1) is 13.4. The molecule has 0 spiro atoms. The monoisotopic (exact) mass is 278 g/mol. The van der Waals surface area contributed by atoms with E-state index in [2.05, 4.69) is 5.32 Å². The van der Waals surface area contributed by atoms with Crippen LogP contribution in [0.2, 0.25) is 5.02 Å². The lowest BCUT2D eigenvalue weighted by molar-refractivity contribution is 0.102. The second kappa shape index (κ2) is 5.28. The van der Waals surface area contributed by atoms with Gasteiger partial charge in [0.25, 0.3) is 5.91 Å². The summed E-state index contributed by atoms with van der Waals surface area (Å²) in [6.45, 7) is 1.74. The summed E-state index contributed by atoms with van der Waals surface area (Å²) in [5, 5.41) is 3.07. The van der Waals surface area contributed by atoms with Gasteiger partial charge in [0.15, 0.2) is 0 Å². The van der Waals surface area contributed by atoms with Crippen LogP contribution in [-0.4, -0.2) is 5.91 Å². The van der Waals surface area contributed by atoms with Crippen molar-refractivity contribution in [3.63, 3.8) is 0 Å². The number of amides is 1. The van der Waals surface area contributed by atoms with Gasteiger partial charge in [-0.05, 0) is 42.8 Å². The van der Waals surface area contributed by atoms with E-state index >= 15 is 0 Å². The van der Waals surface area contributed by atoms with Gasteiger partial charge in [-0.25, -0.2) is 4.39 Å². The van der Waals surface area contributed by atoms with E-state index < -0.39 is 11.7 Å². The van der Waals surface area contributed by atoms with Crippen LogP contribution < -0.4 is 11.1 Å². The highest BCUT2D eigenvalue weighted by Crippen LogP contribution is 2.23. The standard InChI is InChI=1S/C14H12ClFN2O/c1-8-2-3-9(16)6-11(8)14(19)18-10-4-5-12(15)13(17)7-10/h2-7H,17H2,1H3,(H,18,19). The summed E-state index contributed by atoms with van der Waals surface area (Å²) in [7, 11) is 0. The maximum Gasteiger partial charge on any atom is 0.256 e. The lowest BCUT2D eigenvalue weighted by Crippen LogP contribution is -2.13. The first-order valence-electron chi connectivity index (χ1n) is 5.60. The van der Waals surface area contributed by atoms with Gasteiger partial charge in [-0.1, -0.05) is 17.7 Å². The number of hydrogen-bond donors (Lipinski definition) is 2. The third kappa shape index (κ3) is 3.03. The van der Waals surface area contributed by atoms with Gasteiger partial charge in [0.2, 0.25) is 0 Å². The Morgan fingerprint density at radius 3 is 2.68 bits per heavy atom. The van der Waals surface area contributed by atoms with Crippen molar-refractivity contribution >= 4 is 28.9 Å². The number of halogens is 2. The lowest BCUT2D eigenvalue weighted by atomic mass is 10.1. The second-order valence-corrected chi connectivity index (χ2v) is 4.56. The molecule has 19 heavy (non-hydrogen) atoms. The molecule has 0 fully saturated rings. The van der Waals surface area contributed by atoms with Crippen LogP contribution in [0, 0.1) is 12.7 Å². The number of rotatable bonds is 2. The number of nitrogens with one attached hydrogen (secondary N) is 1. The Kier molecular flexibility index (Phi) is 3.71. The number of benzene rings is 2. The summed E-state index contributed by atoms with van der Waals surface area (Å²) in [6.07, 6.45) is 0. The second-order valence-electron chi connectivity index (χ2n) is 4.15. The molecule has 0 aliphatic heterocycles. The van der Waals surface area contributed by atoms with Gasteiger partial charge < -0.3 is 11.1 Å². The minimum atomic E-state index is -0.452. The van der Waals surface area contributed by atoms with Crippen LogP contribution >= 0.6 is 11.6 Å². The van der Waals surface area contributed by atoms with Crippen molar-refractivity contribution in [2.75, 3.05) is 11.1 Å². The van der Waals surface area contributed by atoms with Gasteiger partial charge in [0.05, 0.1) is 10.7 Å². The Morgan fingerprint density at radius 2 is 2.00 bits per heavy atom. The predicted molar refractivity (Wildman–Crippen MR) is 75.0 cm³/mol. The van der Waals surface area contributed by atoms with Crippen molar-refractivity contribution in [2.24, 2.45) is 0 Å². The van der Waals surface area contributed by atoms with Crippen molar-refractivity contribution in [1.29, 1.82) is 0 Å². The van der Waals surface area contributed by atoms with E-state index in [1.54, 1.807) is 31.2 Å². The SMILES string of the molecule is Cc1ccc(F)cc1C(=O)Nc1ccc(Cl)c(N)c1. The molecule has 3 N–H and O–H groups in total. The zero-order valence-electron chi connectivity index (χ0n) is 10.2. The minimum absolute atomic E-state index is 0.286. The number of carbonyl (C=O) groups is 1. The summed E-state index contributed by atoms with van der Waals surface area (Å²) < 4.78 is 13.1. The Hall–Kier alpha value is -2.07. The van der Waals surface area contributed by atoms with E-state index in [4.69, 9.17) is 17.3 Å². The fraction of sp³-hybridized carbons (Fsp3) is 0.0714. The molecule has 5 heteroatoms. The number of anilines is 2. The molecule has 3 nitrogen and oxygen atoms in total. The first-order valence-corrected chi connectivity index (χ1v) is 5.97. The molecule has 0 bridgehead atoms. The van der Waals surface area contributed by atoms with E-state index in [0.29, 0.717) is 22.0 Å². The average molecular weight is 279 g/mol. The summed E-state index contributed by atoms with van der Waals surface area (Å²) in [6, 6.07) is 8.84. The molecule has 0 aliphatic rings.